The molecule has 1 aliphatic heterocycles. The van der Waals surface area contributed by atoms with Crippen LogP contribution in [-0.4, -0.2) is 11.3 Å². The van der Waals surface area contributed by atoms with Gasteiger partial charge in [0, 0.05) is 10.8 Å². The summed E-state index contributed by atoms with van der Waals surface area (Å²) in [6.07, 6.45) is 1.12. The number of aromatic hydroxyl groups is 1. The summed E-state index contributed by atoms with van der Waals surface area (Å²) in [4.78, 5) is 0. The molecule has 1 heterocycles. The molecule has 0 spiro atoms. The zero-order valence-corrected chi connectivity index (χ0v) is 13.9. The first-order valence-corrected chi connectivity index (χ1v) is 8.21. The molecular weight excluding hydrogens is 328 g/mol. The number of benzene rings is 3. The Morgan fingerprint density at radius 2 is 1.69 bits per heavy atom. The van der Waals surface area contributed by atoms with E-state index in [2.05, 4.69) is 0 Å². The van der Waals surface area contributed by atoms with Crippen LogP contribution < -0.4 is 31.4 Å². The lowest BCUT2D eigenvalue weighted by molar-refractivity contribution is 0.277. The van der Waals surface area contributed by atoms with Crippen LogP contribution in [0.25, 0.3) is 11.8 Å². The standard InChI is InChI=1S/C21H18N2O3/c22-20-19-15(12-13-6-4-5-9-16(13)24)17(10-11-18(19)26-21(20)23)25-14-7-2-1-3-8-14/h1-12,21,24H,22-23H2. The Balaban J connectivity index is 1.98. The highest BCUT2D eigenvalue weighted by atomic mass is 16.5. The third-order valence-electron chi connectivity index (χ3n) is 4.22. The van der Waals surface area contributed by atoms with E-state index in [9.17, 15) is 5.11 Å². The van der Waals surface area contributed by atoms with E-state index >= 15 is 0 Å². The first-order valence-electron chi connectivity index (χ1n) is 8.21. The maximum Gasteiger partial charge on any atom is 0.189 e. The summed E-state index contributed by atoms with van der Waals surface area (Å²) >= 11 is 0. The predicted molar refractivity (Wildman–Crippen MR) is 100 cm³/mol. The van der Waals surface area contributed by atoms with E-state index in [1.54, 1.807) is 18.2 Å². The SMILES string of the molecule is NC1=c2c(ccc(Oc3ccccc3)c2=Cc2ccccc2O)OC1N. The Labute approximate surface area is 150 Å². The molecule has 5 heteroatoms. The number of phenols is 1. The molecule has 0 fully saturated rings. The molecule has 0 aromatic heterocycles. The minimum absolute atomic E-state index is 0.164. The van der Waals surface area contributed by atoms with Crippen LogP contribution in [0.15, 0.2) is 66.7 Å². The fraction of sp³-hybridized carbons (Fsp3) is 0.0476. The second-order valence-electron chi connectivity index (χ2n) is 5.96. The Bertz CT molecular complexity index is 1080. The lowest BCUT2D eigenvalue weighted by atomic mass is 10.1. The summed E-state index contributed by atoms with van der Waals surface area (Å²) in [7, 11) is 0. The lowest BCUT2D eigenvalue weighted by Crippen LogP contribution is -2.33. The van der Waals surface area contributed by atoms with Crippen molar-refractivity contribution in [3.8, 4) is 23.0 Å². The normalized spacial score (nSPS) is 16.3. The highest BCUT2D eigenvalue weighted by molar-refractivity contribution is 5.64. The van der Waals surface area contributed by atoms with Gasteiger partial charge in [-0.1, -0.05) is 36.4 Å². The number of phenolic OH excluding ortho intramolecular Hbond substituents is 1. The molecule has 0 amide bonds. The molecule has 0 saturated carbocycles. The van der Waals surface area contributed by atoms with Crippen molar-refractivity contribution < 1.29 is 14.6 Å². The van der Waals surface area contributed by atoms with E-state index < -0.39 is 6.23 Å². The van der Waals surface area contributed by atoms with E-state index in [0.29, 0.717) is 38.9 Å². The average Bonchev–Trinajstić information content (AvgIpc) is 2.94. The van der Waals surface area contributed by atoms with E-state index in [-0.39, 0.29) is 5.75 Å². The highest BCUT2D eigenvalue weighted by Gasteiger charge is 2.21. The molecule has 1 atom stereocenters. The van der Waals surface area contributed by atoms with Gasteiger partial charge in [0.05, 0.1) is 10.9 Å². The van der Waals surface area contributed by atoms with Crippen molar-refractivity contribution in [2.75, 3.05) is 0 Å². The molecule has 1 aliphatic rings. The third kappa shape index (κ3) is 2.85. The van der Waals surface area contributed by atoms with Crippen molar-refractivity contribution >= 4 is 11.8 Å². The second kappa shape index (κ2) is 6.46. The summed E-state index contributed by atoms with van der Waals surface area (Å²) in [5.74, 6) is 2.05. The summed E-state index contributed by atoms with van der Waals surface area (Å²) in [6, 6.07) is 20.1. The molecule has 0 bridgehead atoms. The summed E-state index contributed by atoms with van der Waals surface area (Å²) in [6.45, 7) is 0. The molecule has 5 N–H and O–H groups in total. The number of fused-ring (bicyclic) bond motifs is 1. The number of para-hydroxylation sites is 2. The van der Waals surface area contributed by atoms with Crippen LogP contribution in [0.3, 0.4) is 0 Å². The van der Waals surface area contributed by atoms with Crippen molar-refractivity contribution in [2.24, 2.45) is 11.5 Å². The second-order valence-corrected chi connectivity index (χ2v) is 5.96. The van der Waals surface area contributed by atoms with Crippen molar-refractivity contribution in [3.05, 3.63) is 82.7 Å². The van der Waals surface area contributed by atoms with E-state index in [4.69, 9.17) is 20.9 Å². The number of rotatable bonds is 3. The van der Waals surface area contributed by atoms with Crippen LogP contribution in [-0.2, 0) is 0 Å². The van der Waals surface area contributed by atoms with Crippen LogP contribution >= 0.6 is 0 Å². The van der Waals surface area contributed by atoms with E-state index in [1.807, 2.05) is 54.6 Å². The number of ether oxygens (including phenoxy) is 2. The van der Waals surface area contributed by atoms with Crippen molar-refractivity contribution in [2.45, 2.75) is 6.23 Å². The Kier molecular flexibility index (Phi) is 3.99. The van der Waals surface area contributed by atoms with Gasteiger partial charge in [0.15, 0.2) is 6.23 Å². The first kappa shape index (κ1) is 16.1. The van der Waals surface area contributed by atoms with Crippen molar-refractivity contribution in [3.63, 3.8) is 0 Å². The lowest BCUT2D eigenvalue weighted by Gasteiger charge is -2.08. The third-order valence-corrected chi connectivity index (χ3v) is 4.22. The Hall–Kier alpha value is -3.44. The molecule has 3 aromatic rings. The monoisotopic (exact) mass is 346 g/mol. The maximum absolute atomic E-state index is 10.2. The molecule has 0 saturated heterocycles. The summed E-state index contributed by atoms with van der Waals surface area (Å²) in [5, 5.41) is 11.5. The molecule has 3 aromatic carbocycles. The van der Waals surface area contributed by atoms with Gasteiger partial charge in [0.2, 0.25) is 0 Å². The van der Waals surface area contributed by atoms with Gasteiger partial charge >= 0.3 is 0 Å². The number of hydrogen-bond acceptors (Lipinski definition) is 5. The fourth-order valence-electron chi connectivity index (χ4n) is 2.93. The quantitative estimate of drug-likeness (QED) is 0.672. The first-order chi connectivity index (χ1) is 12.6. The average molecular weight is 346 g/mol. The van der Waals surface area contributed by atoms with Crippen LogP contribution in [0.1, 0.15) is 5.56 Å². The highest BCUT2D eigenvalue weighted by Crippen LogP contribution is 2.22. The smallest absolute Gasteiger partial charge is 0.189 e. The van der Waals surface area contributed by atoms with Crippen molar-refractivity contribution in [1.82, 2.24) is 0 Å². The number of nitrogens with two attached hydrogens (primary N) is 2. The van der Waals surface area contributed by atoms with Crippen LogP contribution in [0.4, 0.5) is 0 Å². The minimum Gasteiger partial charge on any atom is -0.507 e. The van der Waals surface area contributed by atoms with Gasteiger partial charge < -0.3 is 20.3 Å². The van der Waals surface area contributed by atoms with E-state index in [1.165, 1.54) is 0 Å². The van der Waals surface area contributed by atoms with Gasteiger partial charge in [-0.3, -0.25) is 5.73 Å². The predicted octanol–water partition coefficient (Wildman–Crippen LogP) is 1.76. The molecular formula is C21H18N2O3. The summed E-state index contributed by atoms with van der Waals surface area (Å²) in [5.41, 5.74) is 13.2. The molecule has 26 heavy (non-hydrogen) atoms. The zero-order valence-electron chi connectivity index (χ0n) is 13.9. The molecule has 4 rings (SSSR count). The van der Waals surface area contributed by atoms with Gasteiger partial charge in [-0.05, 0) is 36.4 Å². The van der Waals surface area contributed by atoms with Gasteiger partial charge in [-0.2, -0.15) is 0 Å². The largest absolute Gasteiger partial charge is 0.507 e. The molecule has 5 nitrogen and oxygen atoms in total. The Morgan fingerprint density at radius 1 is 0.962 bits per heavy atom. The number of hydrogen-bond donors (Lipinski definition) is 3. The van der Waals surface area contributed by atoms with Crippen LogP contribution in [0.5, 0.6) is 23.0 Å². The van der Waals surface area contributed by atoms with Crippen LogP contribution in [0.2, 0.25) is 0 Å². The van der Waals surface area contributed by atoms with Crippen LogP contribution in [0, 0.1) is 0 Å². The fourth-order valence-corrected chi connectivity index (χ4v) is 2.93. The molecule has 0 radical (unpaired) electrons. The van der Waals surface area contributed by atoms with Gasteiger partial charge in [0.25, 0.3) is 0 Å². The van der Waals surface area contributed by atoms with E-state index in [0.717, 1.165) is 0 Å². The minimum atomic E-state index is -0.700. The van der Waals surface area contributed by atoms with Crippen molar-refractivity contribution in [1.29, 1.82) is 0 Å². The van der Waals surface area contributed by atoms with Gasteiger partial charge in [0.1, 0.15) is 23.0 Å². The topological polar surface area (TPSA) is 90.7 Å². The molecule has 1 unspecified atom stereocenters. The van der Waals surface area contributed by atoms with Gasteiger partial charge in [-0.25, -0.2) is 0 Å². The van der Waals surface area contributed by atoms with Gasteiger partial charge in [-0.15, -0.1) is 0 Å². The maximum atomic E-state index is 10.2. The Morgan fingerprint density at radius 3 is 2.46 bits per heavy atom. The summed E-state index contributed by atoms with van der Waals surface area (Å²) < 4.78 is 11.7. The zero-order chi connectivity index (χ0) is 18.1. The molecule has 130 valence electrons. The molecule has 0 aliphatic carbocycles.